The van der Waals surface area contributed by atoms with E-state index in [4.69, 9.17) is 4.74 Å². The molecular formula is C13H16N4O4. The van der Waals surface area contributed by atoms with Crippen LogP contribution in [0.15, 0.2) is 15.5 Å². The van der Waals surface area contributed by atoms with Gasteiger partial charge in [0, 0.05) is 5.69 Å². The van der Waals surface area contributed by atoms with E-state index < -0.39 is 11.5 Å². The molecule has 112 valence electrons. The van der Waals surface area contributed by atoms with E-state index in [0.29, 0.717) is 17.0 Å². The summed E-state index contributed by atoms with van der Waals surface area (Å²) in [6, 6.07) is 1.75. The van der Waals surface area contributed by atoms with Crippen molar-refractivity contribution in [1.82, 2.24) is 20.6 Å². The molecule has 2 N–H and O–H groups in total. The highest BCUT2D eigenvalue weighted by atomic mass is 16.6. The first-order valence-electron chi connectivity index (χ1n) is 6.39. The second-order valence-corrected chi connectivity index (χ2v) is 4.60. The number of aromatic nitrogens is 3. The lowest BCUT2D eigenvalue weighted by atomic mass is 10.1. The summed E-state index contributed by atoms with van der Waals surface area (Å²) in [7, 11) is 0. The monoisotopic (exact) mass is 292 g/mol. The standard InChI is InChI=1S/C13H16N4O4/c1-7-6-8(2)15-12(19)10(7)11(18)14-4-5-20-13-9(3)16-21-17-13/h6H,4-5H2,1-3H3,(H,14,18)(H,15,19). The number of carbonyl (C=O) groups is 1. The Morgan fingerprint density at radius 1 is 1.38 bits per heavy atom. The third-order valence-electron chi connectivity index (χ3n) is 2.83. The first-order valence-corrected chi connectivity index (χ1v) is 6.39. The van der Waals surface area contributed by atoms with Crippen molar-refractivity contribution in [3.05, 3.63) is 38.9 Å². The van der Waals surface area contributed by atoms with Crippen molar-refractivity contribution in [2.75, 3.05) is 13.2 Å². The number of carbonyl (C=O) groups excluding carboxylic acids is 1. The molecule has 0 aliphatic heterocycles. The van der Waals surface area contributed by atoms with Crippen LogP contribution in [0.4, 0.5) is 0 Å². The summed E-state index contributed by atoms with van der Waals surface area (Å²) >= 11 is 0. The largest absolute Gasteiger partial charge is 0.472 e. The number of aryl methyl sites for hydroxylation is 3. The van der Waals surface area contributed by atoms with Crippen molar-refractivity contribution in [2.45, 2.75) is 20.8 Å². The predicted octanol–water partition coefficient (Wildman–Crippen LogP) is 0.492. The van der Waals surface area contributed by atoms with Gasteiger partial charge in [-0.15, -0.1) is 0 Å². The Morgan fingerprint density at radius 3 is 2.76 bits per heavy atom. The zero-order valence-corrected chi connectivity index (χ0v) is 12.0. The number of rotatable bonds is 5. The van der Waals surface area contributed by atoms with E-state index in [1.54, 1.807) is 26.8 Å². The van der Waals surface area contributed by atoms with Crippen molar-refractivity contribution in [1.29, 1.82) is 0 Å². The van der Waals surface area contributed by atoms with Gasteiger partial charge >= 0.3 is 0 Å². The van der Waals surface area contributed by atoms with Crippen molar-refractivity contribution in [2.24, 2.45) is 0 Å². The number of pyridine rings is 1. The molecule has 2 rings (SSSR count). The SMILES string of the molecule is Cc1cc(C)c(C(=O)NCCOc2nonc2C)c(=O)[nH]1. The summed E-state index contributed by atoms with van der Waals surface area (Å²) in [4.78, 5) is 26.4. The third-order valence-corrected chi connectivity index (χ3v) is 2.83. The Balaban J connectivity index is 1.91. The van der Waals surface area contributed by atoms with E-state index in [0.717, 1.165) is 0 Å². The van der Waals surface area contributed by atoms with Gasteiger partial charge in [-0.1, -0.05) is 5.16 Å². The van der Waals surface area contributed by atoms with Gasteiger partial charge in [0.05, 0.1) is 6.54 Å². The fourth-order valence-corrected chi connectivity index (χ4v) is 1.89. The van der Waals surface area contributed by atoms with Gasteiger partial charge in [0.2, 0.25) is 0 Å². The van der Waals surface area contributed by atoms with Crippen LogP contribution in [0.2, 0.25) is 0 Å². The Morgan fingerprint density at radius 2 is 2.14 bits per heavy atom. The maximum atomic E-state index is 12.0. The Bertz CT molecular complexity index is 704. The van der Waals surface area contributed by atoms with Crippen LogP contribution in [0.25, 0.3) is 0 Å². The van der Waals surface area contributed by atoms with E-state index in [1.165, 1.54) is 0 Å². The number of nitrogens with one attached hydrogen (secondary N) is 2. The zero-order valence-electron chi connectivity index (χ0n) is 12.0. The van der Waals surface area contributed by atoms with E-state index in [1.807, 2.05) is 0 Å². The van der Waals surface area contributed by atoms with E-state index in [-0.39, 0.29) is 24.6 Å². The molecule has 0 aromatic carbocycles. The second-order valence-electron chi connectivity index (χ2n) is 4.60. The van der Waals surface area contributed by atoms with Crippen LogP contribution in [0.5, 0.6) is 5.88 Å². The van der Waals surface area contributed by atoms with Crippen molar-refractivity contribution in [3.63, 3.8) is 0 Å². The molecule has 0 fully saturated rings. The minimum atomic E-state index is -0.438. The molecule has 8 heteroatoms. The molecule has 0 unspecified atom stereocenters. The first kappa shape index (κ1) is 14.8. The second kappa shape index (κ2) is 6.21. The molecule has 2 aromatic rings. The third kappa shape index (κ3) is 3.47. The molecule has 0 atom stereocenters. The van der Waals surface area contributed by atoms with Gasteiger partial charge in [0.15, 0.2) is 0 Å². The maximum absolute atomic E-state index is 12.0. The first-order chi connectivity index (χ1) is 9.99. The van der Waals surface area contributed by atoms with Crippen LogP contribution in [-0.4, -0.2) is 34.4 Å². The number of ether oxygens (including phenoxy) is 1. The normalized spacial score (nSPS) is 10.4. The van der Waals surface area contributed by atoms with Crippen LogP contribution in [0, 0.1) is 20.8 Å². The molecule has 0 bridgehead atoms. The molecule has 0 aliphatic rings. The molecule has 8 nitrogen and oxygen atoms in total. The molecule has 2 aromatic heterocycles. The van der Waals surface area contributed by atoms with Gasteiger partial charge in [-0.3, -0.25) is 9.59 Å². The minimum Gasteiger partial charge on any atom is -0.472 e. The van der Waals surface area contributed by atoms with Gasteiger partial charge in [0.1, 0.15) is 17.9 Å². The summed E-state index contributed by atoms with van der Waals surface area (Å²) < 4.78 is 9.75. The van der Waals surface area contributed by atoms with Crippen LogP contribution in [0.3, 0.4) is 0 Å². The highest BCUT2D eigenvalue weighted by molar-refractivity contribution is 5.95. The molecule has 0 radical (unpaired) electrons. The van der Waals surface area contributed by atoms with Gasteiger partial charge in [-0.25, -0.2) is 4.63 Å². The van der Waals surface area contributed by atoms with E-state index >= 15 is 0 Å². The number of hydrogen-bond donors (Lipinski definition) is 2. The number of H-pyrrole nitrogens is 1. The quantitative estimate of drug-likeness (QED) is 0.776. The molecule has 1 amide bonds. The lowest BCUT2D eigenvalue weighted by Crippen LogP contribution is -2.33. The molecule has 0 aliphatic carbocycles. The van der Waals surface area contributed by atoms with Crippen LogP contribution < -0.4 is 15.6 Å². The van der Waals surface area contributed by atoms with E-state index in [2.05, 4.69) is 25.2 Å². The summed E-state index contributed by atoms with van der Waals surface area (Å²) in [5.41, 5.74) is 1.59. The molecule has 21 heavy (non-hydrogen) atoms. The van der Waals surface area contributed by atoms with Crippen molar-refractivity contribution in [3.8, 4) is 5.88 Å². The minimum absolute atomic E-state index is 0.111. The van der Waals surface area contributed by atoms with Crippen molar-refractivity contribution >= 4 is 5.91 Å². The van der Waals surface area contributed by atoms with Gasteiger partial charge in [-0.2, -0.15) is 0 Å². The lowest BCUT2D eigenvalue weighted by molar-refractivity contribution is 0.0944. The number of nitrogens with zero attached hydrogens (tertiary/aromatic N) is 2. The predicted molar refractivity (Wildman–Crippen MR) is 73.4 cm³/mol. The summed E-state index contributed by atoms with van der Waals surface area (Å²) in [5.74, 6) is -0.152. The molecule has 0 spiro atoms. The summed E-state index contributed by atoms with van der Waals surface area (Å²) in [6.07, 6.45) is 0. The zero-order chi connectivity index (χ0) is 15.4. The Labute approximate surface area is 120 Å². The topological polar surface area (TPSA) is 110 Å². The van der Waals surface area contributed by atoms with Crippen LogP contribution in [0.1, 0.15) is 27.3 Å². The Hall–Kier alpha value is -2.64. The van der Waals surface area contributed by atoms with Crippen molar-refractivity contribution < 1.29 is 14.2 Å². The maximum Gasteiger partial charge on any atom is 0.278 e. The number of aromatic amines is 1. The van der Waals surface area contributed by atoms with Gasteiger partial charge in [0.25, 0.3) is 17.3 Å². The molecular weight excluding hydrogens is 276 g/mol. The fraction of sp³-hybridized carbons (Fsp3) is 0.385. The molecule has 0 saturated heterocycles. The van der Waals surface area contributed by atoms with Gasteiger partial charge in [-0.05, 0) is 37.6 Å². The van der Waals surface area contributed by atoms with Crippen LogP contribution in [-0.2, 0) is 0 Å². The summed E-state index contributed by atoms with van der Waals surface area (Å²) in [5, 5.41) is 9.74. The highest BCUT2D eigenvalue weighted by Crippen LogP contribution is 2.09. The Kier molecular flexibility index (Phi) is 4.36. The lowest BCUT2D eigenvalue weighted by Gasteiger charge is -2.08. The van der Waals surface area contributed by atoms with Gasteiger partial charge < -0.3 is 15.0 Å². The summed E-state index contributed by atoms with van der Waals surface area (Å²) in [6.45, 7) is 5.61. The smallest absolute Gasteiger partial charge is 0.278 e. The molecule has 0 saturated carbocycles. The average Bonchev–Trinajstić information content (AvgIpc) is 2.79. The highest BCUT2D eigenvalue weighted by Gasteiger charge is 2.14. The number of hydrogen-bond acceptors (Lipinski definition) is 6. The van der Waals surface area contributed by atoms with Crippen LogP contribution >= 0.6 is 0 Å². The molecule has 2 heterocycles. The van der Waals surface area contributed by atoms with E-state index in [9.17, 15) is 9.59 Å². The fourth-order valence-electron chi connectivity index (χ4n) is 1.89. The average molecular weight is 292 g/mol. The number of amides is 1.